The van der Waals surface area contributed by atoms with Crippen molar-refractivity contribution in [2.24, 2.45) is 0 Å². The van der Waals surface area contributed by atoms with Gasteiger partial charge in [-0.15, -0.1) is 0 Å². The number of aryl methyl sites for hydroxylation is 1. The zero-order valence-corrected chi connectivity index (χ0v) is 9.04. The fourth-order valence-corrected chi connectivity index (χ4v) is 1.59. The zero-order chi connectivity index (χ0) is 9.97. The summed E-state index contributed by atoms with van der Waals surface area (Å²) < 4.78 is 0. The van der Waals surface area contributed by atoms with Crippen LogP contribution in [0.3, 0.4) is 0 Å². The average Bonchev–Trinajstić information content (AvgIpc) is 2.66. The molecule has 1 heterocycles. The SMILES string of the molecule is Cc1cccc(Cc2cnc[nH]2)c1C.O. The second-order valence-electron chi connectivity index (χ2n) is 3.61. The number of hydrogen-bond acceptors (Lipinski definition) is 1. The number of aromatic amines is 1. The third-order valence-electron chi connectivity index (χ3n) is 2.65. The molecule has 0 aliphatic carbocycles. The molecular formula is C12H16N2O. The molecule has 0 unspecified atom stereocenters. The molecule has 3 heteroatoms. The maximum atomic E-state index is 4.01. The summed E-state index contributed by atoms with van der Waals surface area (Å²) in [6.45, 7) is 4.31. The van der Waals surface area contributed by atoms with Crippen LogP contribution in [-0.2, 0) is 6.42 Å². The summed E-state index contributed by atoms with van der Waals surface area (Å²) in [6.07, 6.45) is 4.54. The predicted molar refractivity (Wildman–Crippen MR) is 60.9 cm³/mol. The van der Waals surface area contributed by atoms with E-state index in [1.165, 1.54) is 22.4 Å². The van der Waals surface area contributed by atoms with Gasteiger partial charge < -0.3 is 10.5 Å². The highest BCUT2D eigenvalue weighted by molar-refractivity contribution is 5.35. The third kappa shape index (κ3) is 2.44. The molecule has 0 amide bonds. The topological polar surface area (TPSA) is 60.2 Å². The van der Waals surface area contributed by atoms with Crippen LogP contribution in [0.2, 0.25) is 0 Å². The minimum Gasteiger partial charge on any atom is -0.412 e. The summed E-state index contributed by atoms with van der Waals surface area (Å²) >= 11 is 0. The maximum absolute atomic E-state index is 4.01. The molecule has 0 fully saturated rings. The van der Waals surface area contributed by atoms with Gasteiger partial charge in [0.05, 0.1) is 6.33 Å². The molecule has 2 aromatic rings. The van der Waals surface area contributed by atoms with Crippen molar-refractivity contribution < 1.29 is 5.48 Å². The Morgan fingerprint density at radius 2 is 2.07 bits per heavy atom. The summed E-state index contributed by atoms with van der Waals surface area (Å²) in [6, 6.07) is 6.42. The van der Waals surface area contributed by atoms with E-state index in [-0.39, 0.29) is 5.48 Å². The van der Waals surface area contributed by atoms with Gasteiger partial charge in [-0.05, 0) is 30.5 Å². The molecule has 2 rings (SSSR count). The molecule has 80 valence electrons. The Hall–Kier alpha value is -1.61. The average molecular weight is 204 g/mol. The van der Waals surface area contributed by atoms with Crippen molar-refractivity contribution in [2.45, 2.75) is 20.3 Å². The van der Waals surface area contributed by atoms with Crippen LogP contribution in [0.5, 0.6) is 0 Å². The number of benzene rings is 1. The first-order valence-electron chi connectivity index (χ1n) is 4.79. The van der Waals surface area contributed by atoms with Gasteiger partial charge in [-0.2, -0.15) is 0 Å². The molecule has 1 aromatic carbocycles. The Morgan fingerprint density at radius 3 is 2.73 bits per heavy atom. The molecule has 0 bridgehead atoms. The Kier molecular flexibility index (Phi) is 3.63. The maximum Gasteiger partial charge on any atom is 0.0921 e. The van der Waals surface area contributed by atoms with E-state index in [1.54, 1.807) is 6.33 Å². The highest BCUT2D eigenvalue weighted by Gasteiger charge is 2.02. The molecule has 15 heavy (non-hydrogen) atoms. The lowest BCUT2D eigenvalue weighted by Gasteiger charge is -2.06. The molecule has 0 atom stereocenters. The highest BCUT2D eigenvalue weighted by atomic mass is 16.0. The van der Waals surface area contributed by atoms with Crippen molar-refractivity contribution in [1.29, 1.82) is 0 Å². The largest absolute Gasteiger partial charge is 0.412 e. The summed E-state index contributed by atoms with van der Waals surface area (Å²) in [5.74, 6) is 0. The molecule has 0 spiro atoms. The molecule has 1 aromatic heterocycles. The first kappa shape index (κ1) is 11.5. The van der Waals surface area contributed by atoms with Crippen molar-refractivity contribution in [1.82, 2.24) is 9.97 Å². The van der Waals surface area contributed by atoms with Gasteiger partial charge in [-0.25, -0.2) is 4.98 Å². The van der Waals surface area contributed by atoms with E-state index in [2.05, 4.69) is 42.0 Å². The monoisotopic (exact) mass is 204 g/mol. The molecule has 3 N–H and O–H groups in total. The third-order valence-corrected chi connectivity index (χ3v) is 2.65. The van der Waals surface area contributed by atoms with Crippen LogP contribution in [0, 0.1) is 13.8 Å². The van der Waals surface area contributed by atoms with Crippen molar-refractivity contribution in [2.75, 3.05) is 0 Å². The van der Waals surface area contributed by atoms with Gasteiger partial charge in [0.2, 0.25) is 0 Å². The molecule has 0 saturated carbocycles. The van der Waals surface area contributed by atoms with Gasteiger partial charge in [0, 0.05) is 18.3 Å². The number of imidazole rings is 1. The van der Waals surface area contributed by atoms with Crippen LogP contribution in [0.1, 0.15) is 22.4 Å². The standard InChI is InChI=1S/C12H14N2.H2O/c1-9-4-3-5-11(10(9)2)6-12-7-13-8-14-12;/h3-5,7-8H,6H2,1-2H3,(H,13,14);1H2. The summed E-state index contributed by atoms with van der Waals surface area (Å²) in [4.78, 5) is 7.14. The number of hydrogen-bond donors (Lipinski definition) is 1. The van der Waals surface area contributed by atoms with Crippen LogP contribution in [0.15, 0.2) is 30.7 Å². The normalized spacial score (nSPS) is 9.73. The van der Waals surface area contributed by atoms with E-state index in [0.717, 1.165) is 6.42 Å². The van der Waals surface area contributed by atoms with E-state index in [9.17, 15) is 0 Å². The van der Waals surface area contributed by atoms with Gasteiger partial charge in [0.1, 0.15) is 0 Å². The van der Waals surface area contributed by atoms with Crippen LogP contribution in [-0.4, -0.2) is 15.4 Å². The number of rotatable bonds is 2. The number of aromatic nitrogens is 2. The minimum atomic E-state index is 0. The quantitative estimate of drug-likeness (QED) is 0.796. The predicted octanol–water partition coefficient (Wildman–Crippen LogP) is 1.79. The molecule has 0 radical (unpaired) electrons. The number of nitrogens with zero attached hydrogens (tertiary/aromatic N) is 1. The fourth-order valence-electron chi connectivity index (χ4n) is 1.59. The van der Waals surface area contributed by atoms with Crippen molar-refractivity contribution in [3.05, 3.63) is 53.1 Å². The smallest absolute Gasteiger partial charge is 0.0921 e. The zero-order valence-electron chi connectivity index (χ0n) is 9.04. The van der Waals surface area contributed by atoms with Gasteiger partial charge in [-0.3, -0.25) is 0 Å². The van der Waals surface area contributed by atoms with E-state index < -0.39 is 0 Å². The van der Waals surface area contributed by atoms with Crippen molar-refractivity contribution in [3.63, 3.8) is 0 Å². The Balaban J connectivity index is 0.00000112. The Bertz CT molecular complexity index is 421. The van der Waals surface area contributed by atoms with Crippen LogP contribution in [0.4, 0.5) is 0 Å². The summed E-state index contributed by atoms with van der Waals surface area (Å²) in [7, 11) is 0. The lowest BCUT2D eigenvalue weighted by molar-refractivity contribution is 0.824. The number of H-pyrrole nitrogens is 1. The second kappa shape index (κ2) is 4.75. The lowest BCUT2D eigenvalue weighted by Crippen LogP contribution is -1.93. The molecule has 3 nitrogen and oxygen atoms in total. The second-order valence-corrected chi connectivity index (χ2v) is 3.61. The highest BCUT2D eigenvalue weighted by Crippen LogP contribution is 2.15. The van der Waals surface area contributed by atoms with Gasteiger partial charge >= 0.3 is 0 Å². The molecule has 0 aliphatic heterocycles. The molecule has 0 aliphatic rings. The molecular weight excluding hydrogens is 188 g/mol. The van der Waals surface area contributed by atoms with Gasteiger partial charge in [0.15, 0.2) is 0 Å². The van der Waals surface area contributed by atoms with Crippen molar-refractivity contribution in [3.8, 4) is 0 Å². The lowest BCUT2D eigenvalue weighted by atomic mass is 10.0. The fraction of sp³-hybridized carbons (Fsp3) is 0.250. The van der Waals surface area contributed by atoms with E-state index in [1.807, 2.05) is 6.20 Å². The first-order chi connectivity index (χ1) is 6.77. The van der Waals surface area contributed by atoms with E-state index in [4.69, 9.17) is 0 Å². The van der Waals surface area contributed by atoms with Crippen LogP contribution < -0.4 is 0 Å². The Morgan fingerprint density at radius 1 is 1.27 bits per heavy atom. The van der Waals surface area contributed by atoms with E-state index >= 15 is 0 Å². The van der Waals surface area contributed by atoms with Gasteiger partial charge in [-0.1, -0.05) is 18.2 Å². The summed E-state index contributed by atoms with van der Waals surface area (Å²) in [5, 5.41) is 0. The van der Waals surface area contributed by atoms with Crippen LogP contribution in [0.25, 0.3) is 0 Å². The van der Waals surface area contributed by atoms with Gasteiger partial charge in [0.25, 0.3) is 0 Å². The number of nitrogens with one attached hydrogen (secondary N) is 1. The minimum absolute atomic E-state index is 0. The van der Waals surface area contributed by atoms with Crippen molar-refractivity contribution >= 4 is 0 Å². The summed E-state index contributed by atoms with van der Waals surface area (Å²) in [5.41, 5.74) is 5.26. The molecule has 0 saturated heterocycles. The van der Waals surface area contributed by atoms with E-state index in [0.29, 0.717) is 0 Å². The van der Waals surface area contributed by atoms with Crippen LogP contribution >= 0.6 is 0 Å². The Labute approximate surface area is 89.5 Å². The first-order valence-corrected chi connectivity index (χ1v) is 4.79.